The minimum Gasteiger partial charge on any atom is -0.381 e. The number of methoxy groups -OCH3 is 1. The summed E-state index contributed by atoms with van der Waals surface area (Å²) in [6, 6.07) is 8.95. The Balaban J connectivity index is 1.62. The fourth-order valence-corrected chi connectivity index (χ4v) is 6.74. The first-order valence-electron chi connectivity index (χ1n) is 8.31. The van der Waals surface area contributed by atoms with Gasteiger partial charge in [-0.15, -0.1) is 11.8 Å². The molecule has 1 aromatic carbocycles. The van der Waals surface area contributed by atoms with Crippen LogP contribution in [0.1, 0.15) is 41.4 Å². The third kappa shape index (κ3) is 2.23. The van der Waals surface area contributed by atoms with E-state index in [1.807, 2.05) is 14.0 Å². The SMILES string of the molecule is CCOCO[C@@H]1CC[C@H](OC)[C@H]2[C@@H]1[C@@H]1S[C@H]2c2ccccc21. The molecule has 6 atom stereocenters. The predicted octanol–water partition coefficient (Wildman–Crippen LogP) is 3.95. The van der Waals surface area contributed by atoms with E-state index in [4.69, 9.17) is 14.2 Å². The van der Waals surface area contributed by atoms with Crippen molar-refractivity contribution in [1.29, 1.82) is 0 Å². The molecule has 0 radical (unpaired) electrons. The molecule has 2 fully saturated rings. The summed E-state index contributed by atoms with van der Waals surface area (Å²) in [5.74, 6) is 1.14. The van der Waals surface area contributed by atoms with E-state index in [-0.39, 0.29) is 0 Å². The summed E-state index contributed by atoms with van der Waals surface area (Å²) >= 11 is 2.13. The van der Waals surface area contributed by atoms with Crippen molar-refractivity contribution in [2.75, 3.05) is 20.5 Å². The average Bonchev–Trinajstić information content (AvgIpc) is 3.13. The van der Waals surface area contributed by atoms with E-state index < -0.39 is 0 Å². The highest BCUT2D eigenvalue weighted by molar-refractivity contribution is 8.00. The van der Waals surface area contributed by atoms with E-state index >= 15 is 0 Å². The summed E-state index contributed by atoms with van der Waals surface area (Å²) in [7, 11) is 1.87. The van der Waals surface area contributed by atoms with Gasteiger partial charge in [0.15, 0.2) is 0 Å². The maximum atomic E-state index is 6.11. The van der Waals surface area contributed by atoms with Gasteiger partial charge in [-0.1, -0.05) is 24.3 Å². The third-order valence-electron chi connectivity index (χ3n) is 5.51. The molecule has 0 amide bonds. The summed E-state index contributed by atoms with van der Waals surface area (Å²) < 4.78 is 17.4. The van der Waals surface area contributed by atoms with Crippen LogP contribution < -0.4 is 0 Å². The minimum atomic E-state index is 0.304. The largest absolute Gasteiger partial charge is 0.381 e. The van der Waals surface area contributed by atoms with Crippen LogP contribution in [0.4, 0.5) is 0 Å². The predicted molar refractivity (Wildman–Crippen MR) is 87.9 cm³/mol. The first-order valence-corrected chi connectivity index (χ1v) is 9.25. The Kier molecular flexibility index (Phi) is 4.20. The molecule has 0 aromatic heterocycles. The van der Waals surface area contributed by atoms with Gasteiger partial charge in [0, 0.05) is 36.1 Å². The minimum absolute atomic E-state index is 0.304. The van der Waals surface area contributed by atoms with Crippen molar-refractivity contribution in [3.63, 3.8) is 0 Å². The Bertz CT molecular complexity index is 533. The van der Waals surface area contributed by atoms with Gasteiger partial charge in [0.25, 0.3) is 0 Å². The number of fused-ring (bicyclic) bond motifs is 8. The second-order valence-corrected chi connectivity index (χ2v) is 7.72. The molecule has 3 aliphatic rings. The molecule has 1 saturated carbocycles. The second-order valence-electron chi connectivity index (χ2n) is 6.43. The third-order valence-corrected chi connectivity index (χ3v) is 7.24. The van der Waals surface area contributed by atoms with Crippen molar-refractivity contribution in [2.24, 2.45) is 11.8 Å². The zero-order valence-corrected chi connectivity index (χ0v) is 14.1. The lowest BCUT2D eigenvalue weighted by molar-refractivity contribution is -0.143. The molecule has 1 aromatic rings. The van der Waals surface area contributed by atoms with Crippen LogP contribution in [0.2, 0.25) is 0 Å². The normalized spacial score (nSPS) is 38.8. The molecular formula is C18H24O3S. The number of thioether (sulfide) groups is 1. The summed E-state index contributed by atoms with van der Waals surface area (Å²) in [6.45, 7) is 3.15. The summed E-state index contributed by atoms with van der Waals surface area (Å²) in [5, 5.41) is 1.14. The zero-order valence-electron chi connectivity index (χ0n) is 13.2. The van der Waals surface area contributed by atoms with Crippen LogP contribution in [0.5, 0.6) is 0 Å². The molecule has 0 unspecified atom stereocenters. The Morgan fingerprint density at radius 2 is 1.68 bits per heavy atom. The van der Waals surface area contributed by atoms with Crippen molar-refractivity contribution in [1.82, 2.24) is 0 Å². The van der Waals surface area contributed by atoms with Crippen LogP contribution in [0.15, 0.2) is 24.3 Å². The lowest BCUT2D eigenvalue weighted by Gasteiger charge is -2.44. The van der Waals surface area contributed by atoms with Crippen molar-refractivity contribution in [3.8, 4) is 0 Å². The summed E-state index contributed by atoms with van der Waals surface area (Å²) in [6.07, 6.45) is 2.85. The first-order chi connectivity index (χ1) is 10.8. The smallest absolute Gasteiger partial charge is 0.147 e. The van der Waals surface area contributed by atoms with Crippen LogP contribution in [0, 0.1) is 11.8 Å². The maximum absolute atomic E-state index is 6.11. The Hall–Kier alpha value is -0.550. The molecular weight excluding hydrogens is 296 g/mol. The van der Waals surface area contributed by atoms with Crippen LogP contribution in [0.3, 0.4) is 0 Å². The lowest BCUT2D eigenvalue weighted by atomic mass is 9.66. The van der Waals surface area contributed by atoms with Gasteiger partial charge in [0.1, 0.15) is 6.79 Å². The molecule has 1 saturated heterocycles. The monoisotopic (exact) mass is 320 g/mol. The van der Waals surface area contributed by atoms with E-state index in [9.17, 15) is 0 Å². The van der Waals surface area contributed by atoms with Crippen LogP contribution in [0.25, 0.3) is 0 Å². The molecule has 2 bridgehead atoms. The number of hydrogen-bond acceptors (Lipinski definition) is 4. The van der Waals surface area contributed by atoms with E-state index in [2.05, 4.69) is 36.0 Å². The van der Waals surface area contributed by atoms with Gasteiger partial charge in [-0.3, -0.25) is 0 Å². The Labute approximate surface area is 136 Å². The molecule has 22 heavy (non-hydrogen) atoms. The molecule has 2 heterocycles. The molecule has 2 aliphatic heterocycles. The highest BCUT2D eigenvalue weighted by Gasteiger charge is 2.58. The van der Waals surface area contributed by atoms with E-state index in [1.165, 1.54) is 11.1 Å². The van der Waals surface area contributed by atoms with Crippen molar-refractivity contribution < 1.29 is 14.2 Å². The van der Waals surface area contributed by atoms with Crippen molar-refractivity contribution in [2.45, 2.75) is 42.5 Å². The molecule has 0 N–H and O–H groups in total. The van der Waals surface area contributed by atoms with Crippen LogP contribution in [-0.2, 0) is 14.2 Å². The number of benzene rings is 1. The molecule has 0 spiro atoms. The van der Waals surface area contributed by atoms with E-state index in [0.717, 1.165) is 12.8 Å². The number of hydrogen-bond donors (Lipinski definition) is 0. The number of rotatable bonds is 5. The zero-order chi connectivity index (χ0) is 15.1. The van der Waals surface area contributed by atoms with Crippen molar-refractivity contribution >= 4 is 11.8 Å². The van der Waals surface area contributed by atoms with Gasteiger partial charge in [-0.05, 0) is 30.9 Å². The standard InChI is InChI=1S/C18H24O3S/c1-3-20-10-21-14-9-8-13(19-2)15-16(14)18-12-7-5-4-6-11(12)17(15)22-18/h4-7,13-18H,3,8-10H2,1-2H3/t13-,14+,15-,16+,17-,18+/m0/s1. The van der Waals surface area contributed by atoms with E-state index in [0.29, 0.717) is 47.9 Å². The average molecular weight is 320 g/mol. The topological polar surface area (TPSA) is 27.7 Å². The number of ether oxygens (including phenoxy) is 3. The van der Waals surface area contributed by atoms with Gasteiger partial charge in [-0.25, -0.2) is 0 Å². The molecule has 120 valence electrons. The summed E-state index contributed by atoms with van der Waals surface area (Å²) in [5.41, 5.74) is 3.06. The van der Waals surface area contributed by atoms with Gasteiger partial charge in [0.05, 0.1) is 12.2 Å². The maximum Gasteiger partial charge on any atom is 0.147 e. The van der Waals surface area contributed by atoms with E-state index in [1.54, 1.807) is 0 Å². The molecule has 1 aliphatic carbocycles. The summed E-state index contributed by atoms with van der Waals surface area (Å²) in [4.78, 5) is 0. The fourth-order valence-electron chi connectivity index (χ4n) is 4.62. The fraction of sp³-hybridized carbons (Fsp3) is 0.667. The highest BCUT2D eigenvalue weighted by atomic mass is 32.2. The molecule has 4 rings (SSSR count). The van der Waals surface area contributed by atoms with Gasteiger partial charge >= 0.3 is 0 Å². The Morgan fingerprint density at radius 1 is 1.05 bits per heavy atom. The first kappa shape index (κ1) is 15.0. The molecule has 4 heteroatoms. The van der Waals surface area contributed by atoms with Gasteiger partial charge in [-0.2, -0.15) is 0 Å². The Morgan fingerprint density at radius 3 is 2.32 bits per heavy atom. The quantitative estimate of drug-likeness (QED) is 0.606. The molecule has 3 nitrogen and oxygen atoms in total. The lowest BCUT2D eigenvalue weighted by Crippen LogP contribution is -2.45. The van der Waals surface area contributed by atoms with Crippen molar-refractivity contribution in [3.05, 3.63) is 35.4 Å². The second kappa shape index (κ2) is 6.16. The van der Waals surface area contributed by atoms with Gasteiger partial charge in [0.2, 0.25) is 0 Å². The van der Waals surface area contributed by atoms with Gasteiger partial charge < -0.3 is 14.2 Å². The highest BCUT2D eigenvalue weighted by Crippen LogP contribution is 2.69. The van der Waals surface area contributed by atoms with Crippen LogP contribution >= 0.6 is 11.8 Å². The van der Waals surface area contributed by atoms with Crippen LogP contribution in [-0.4, -0.2) is 32.7 Å².